The third-order valence-corrected chi connectivity index (χ3v) is 3.69. The maximum atomic E-state index is 11.6. The molecule has 146 valence electrons. The van der Waals surface area contributed by atoms with Crippen LogP contribution in [0.1, 0.15) is 38.0 Å². The zero-order chi connectivity index (χ0) is 19.9. The lowest BCUT2D eigenvalue weighted by Crippen LogP contribution is -2.38. The Balaban J connectivity index is 1.83. The van der Waals surface area contributed by atoms with Gasteiger partial charge in [0.2, 0.25) is 0 Å². The molecule has 0 spiro atoms. The molecule has 2 rings (SSSR count). The zero-order valence-electron chi connectivity index (χ0n) is 15.9. The first-order valence-corrected chi connectivity index (χ1v) is 8.84. The van der Waals surface area contributed by atoms with Gasteiger partial charge in [-0.05, 0) is 44.0 Å². The molecule has 0 fully saturated rings. The van der Waals surface area contributed by atoms with Gasteiger partial charge in [-0.15, -0.1) is 0 Å². The number of aliphatic hydroxyl groups is 2. The first-order chi connectivity index (χ1) is 12.7. The van der Waals surface area contributed by atoms with Gasteiger partial charge >= 0.3 is 6.09 Å². The van der Waals surface area contributed by atoms with E-state index in [2.05, 4.69) is 5.32 Å². The second-order valence-corrected chi connectivity index (χ2v) is 7.24. The summed E-state index contributed by atoms with van der Waals surface area (Å²) in [5.74, 6) is 0.663. The number of carbonyl (C=O) groups excluding carboxylic acids is 1. The number of hydrogen-bond acceptors (Lipinski definition) is 5. The number of benzene rings is 2. The maximum Gasteiger partial charge on any atom is 0.407 e. The van der Waals surface area contributed by atoms with Crippen LogP contribution in [0.4, 0.5) is 4.79 Å². The van der Waals surface area contributed by atoms with Gasteiger partial charge in [0.25, 0.3) is 0 Å². The van der Waals surface area contributed by atoms with Crippen LogP contribution in [-0.2, 0) is 11.3 Å². The van der Waals surface area contributed by atoms with Crippen molar-refractivity contribution < 1.29 is 24.5 Å². The SMILES string of the molecule is CC(C)(C)OC(=O)NCC(O)C(O)c1ccc(OCc2ccccc2)cc1. The minimum atomic E-state index is -1.16. The van der Waals surface area contributed by atoms with Crippen LogP contribution in [0, 0.1) is 0 Å². The molecule has 1 amide bonds. The van der Waals surface area contributed by atoms with Crippen molar-refractivity contribution in [2.24, 2.45) is 0 Å². The van der Waals surface area contributed by atoms with Gasteiger partial charge in [0.1, 0.15) is 30.2 Å². The topological polar surface area (TPSA) is 88.0 Å². The first kappa shape index (κ1) is 20.7. The van der Waals surface area contributed by atoms with Gasteiger partial charge in [-0.1, -0.05) is 42.5 Å². The smallest absolute Gasteiger partial charge is 0.407 e. The Bertz CT molecular complexity index is 710. The van der Waals surface area contributed by atoms with Crippen molar-refractivity contribution in [2.75, 3.05) is 6.54 Å². The molecule has 0 aliphatic carbocycles. The zero-order valence-corrected chi connectivity index (χ0v) is 15.9. The lowest BCUT2D eigenvalue weighted by atomic mass is 10.0. The summed E-state index contributed by atoms with van der Waals surface area (Å²) in [7, 11) is 0. The van der Waals surface area contributed by atoms with E-state index in [1.807, 2.05) is 30.3 Å². The Morgan fingerprint density at radius 2 is 1.67 bits per heavy atom. The van der Waals surface area contributed by atoms with Crippen LogP contribution >= 0.6 is 0 Å². The Kier molecular flexibility index (Phi) is 7.21. The number of hydrogen-bond donors (Lipinski definition) is 3. The van der Waals surface area contributed by atoms with E-state index in [4.69, 9.17) is 9.47 Å². The van der Waals surface area contributed by atoms with Crippen LogP contribution in [0.2, 0.25) is 0 Å². The summed E-state index contributed by atoms with van der Waals surface area (Å²) in [6.07, 6.45) is -2.94. The molecule has 2 aromatic carbocycles. The predicted octanol–water partition coefficient (Wildman–Crippen LogP) is 3.18. The van der Waals surface area contributed by atoms with Gasteiger partial charge in [-0.3, -0.25) is 0 Å². The number of carbonyl (C=O) groups is 1. The summed E-state index contributed by atoms with van der Waals surface area (Å²) in [6, 6.07) is 16.6. The second kappa shape index (κ2) is 9.39. The van der Waals surface area contributed by atoms with Gasteiger partial charge in [0.05, 0.1) is 0 Å². The van der Waals surface area contributed by atoms with Gasteiger partial charge in [0.15, 0.2) is 0 Å². The highest BCUT2D eigenvalue weighted by Gasteiger charge is 2.21. The number of alkyl carbamates (subject to hydrolysis) is 1. The summed E-state index contributed by atoms with van der Waals surface area (Å²) in [4.78, 5) is 11.6. The molecule has 0 radical (unpaired) electrons. The highest BCUT2D eigenvalue weighted by atomic mass is 16.6. The lowest BCUT2D eigenvalue weighted by Gasteiger charge is -2.22. The van der Waals surface area contributed by atoms with Crippen LogP contribution in [0.5, 0.6) is 5.75 Å². The van der Waals surface area contributed by atoms with E-state index in [-0.39, 0.29) is 6.54 Å². The Morgan fingerprint density at radius 3 is 2.26 bits per heavy atom. The summed E-state index contributed by atoms with van der Waals surface area (Å²) >= 11 is 0. The fourth-order valence-electron chi connectivity index (χ4n) is 2.34. The molecule has 0 aliphatic rings. The Hall–Kier alpha value is -2.57. The van der Waals surface area contributed by atoms with Crippen molar-refractivity contribution in [3.63, 3.8) is 0 Å². The van der Waals surface area contributed by atoms with E-state index >= 15 is 0 Å². The molecule has 27 heavy (non-hydrogen) atoms. The van der Waals surface area contributed by atoms with Crippen molar-refractivity contribution in [1.29, 1.82) is 0 Å². The standard InChI is InChI=1S/C21H27NO5/c1-21(2,3)27-20(25)22-13-18(23)19(24)16-9-11-17(12-10-16)26-14-15-7-5-4-6-8-15/h4-12,18-19,23-24H,13-14H2,1-3H3,(H,22,25). The summed E-state index contributed by atoms with van der Waals surface area (Å²) < 4.78 is 10.8. The third kappa shape index (κ3) is 7.29. The average Bonchev–Trinajstić information content (AvgIpc) is 2.64. The second-order valence-electron chi connectivity index (χ2n) is 7.24. The minimum absolute atomic E-state index is 0.123. The fourth-order valence-corrected chi connectivity index (χ4v) is 2.34. The molecule has 0 saturated carbocycles. The maximum absolute atomic E-state index is 11.6. The Morgan fingerprint density at radius 1 is 1.04 bits per heavy atom. The molecule has 2 atom stereocenters. The third-order valence-electron chi connectivity index (χ3n) is 3.69. The van der Waals surface area contributed by atoms with Crippen LogP contribution in [0.15, 0.2) is 54.6 Å². The normalized spacial score (nSPS) is 13.5. The van der Waals surface area contributed by atoms with Crippen molar-refractivity contribution in [3.8, 4) is 5.75 Å². The highest BCUT2D eigenvalue weighted by molar-refractivity contribution is 5.67. The number of aliphatic hydroxyl groups excluding tert-OH is 2. The summed E-state index contributed by atoms with van der Waals surface area (Å²) in [6.45, 7) is 5.57. The minimum Gasteiger partial charge on any atom is -0.489 e. The van der Waals surface area contributed by atoms with Gasteiger partial charge in [0, 0.05) is 6.54 Å². The van der Waals surface area contributed by atoms with E-state index in [9.17, 15) is 15.0 Å². The van der Waals surface area contributed by atoms with Crippen molar-refractivity contribution in [2.45, 2.75) is 45.2 Å². The van der Waals surface area contributed by atoms with Gasteiger partial charge < -0.3 is 25.0 Å². The molecule has 0 bridgehead atoms. The van der Waals surface area contributed by atoms with Gasteiger partial charge in [-0.25, -0.2) is 4.79 Å². The summed E-state index contributed by atoms with van der Waals surface area (Å²) in [5, 5.41) is 22.8. The van der Waals surface area contributed by atoms with E-state index in [1.165, 1.54) is 0 Å². The van der Waals surface area contributed by atoms with Crippen LogP contribution in [-0.4, -0.2) is 34.6 Å². The fraction of sp³-hybridized carbons (Fsp3) is 0.381. The monoisotopic (exact) mass is 373 g/mol. The average molecular weight is 373 g/mol. The molecular formula is C21H27NO5. The number of amides is 1. The van der Waals surface area contributed by atoms with E-state index in [0.717, 1.165) is 5.56 Å². The number of ether oxygens (including phenoxy) is 2. The molecule has 0 aromatic heterocycles. The number of nitrogens with one attached hydrogen (secondary N) is 1. The molecule has 2 unspecified atom stereocenters. The van der Waals surface area contributed by atoms with Crippen molar-refractivity contribution in [1.82, 2.24) is 5.32 Å². The highest BCUT2D eigenvalue weighted by Crippen LogP contribution is 2.21. The van der Waals surface area contributed by atoms with E-state index < -0.39 is 23.9 Å². The molecule has 6 nitrogen and oxygen atoms in total. The van der Waals surface area contributed by atoms with E-state index in [1.54, 1.807) is 45.0 Å². The van der Waals surface area contributed by atoms with Crippen LogP contribution in [0.3, 0.4) is 0 Å². The number of rotatable bonds is 7. The first-order valence-electron chi connectivity index (χ1n) is 8.84. The summed E-state index contributed by atoms with van der Waals surface area (Å²) in [5.41, 5.74) is 0.967. The van der Waals surface area contributed by atoms with Crippen molar-refractivity contribution >= 4 is 6.09 Å². The molecule has 0 saturated heterocycles. The molecule has 6 heteroatoms. The molecule has 2 aromatic rings. The molecular weight excluding hydrogens is 346 g/mol. The largest absolute Gasteiger partial charge is 0.489 e. The molecule has 0 aliphatic heterocycles. The van der Waals surface area contributed by atoms with Gasteiger partial charge in [-0.2, -0.15) is 0 Å². The van der Waals surface area contributed by atoms with Crippen LogP contribution in [0.25, 0.3) is 0 Å². The quantitative estimate of drug-likeness (QED) is 0.694. The predicted molar refractivity (Wildman–Crippen MR) is 102 cm³/mol. The van der Waals surface area contributed by atoms with E-state index in [0.29, 0.717) is 17.9 Å². The molecule has 3 N–H and O–H groups in total. The lowest BCUT2D eigenvalue weighted by molar-refractivity contribution is 0.0129. The molecule has 0 heterocycles. The van der Waals surface area contributed by atoms with Crippen LogP contribution < -0.4 is 10.1 Å². The van der Waals surface area contributed by atoms with Crippen molar-refractivity contribution in [3.05, 3.63) is 65.7 Å². The Labute approximate surface area is 159 Å².